The third-order valence-corrected chi connectivity index (χ3v) is 3.81. The van der Waals surface area contributed by atoms with Gasteiger partial charge in [-0.25, -0.2) is 0 Å². The lowest BCUT2D eigenvalue weighted by Crippen LogP contribution is -2.39. The van der Waals surface area contributed by atoms with Gasteiger partial charge in [-0.05, 0) is 38.8 Å². The average Bonchev–Trinajstić information content (AvgIpc) is 2.47. The van der Waals surface area contributed by atoms with Gasteiger partial charge in [-0.2, -0.15) is 0 Å². The van der Waals surface area contributed by atoms with Crippen molar-refractivity contribution >= 4 is 5.69 Å². The second-order valence-corrected chi connectivity index (χ2v) is 5.70. The first-order valence-corrected chi connectivity index (χ1v) is 7.44. The molecule has 0 amide bonds. The predicted octanol–water partition coefficient (Wildman–Crippen LogP) is 3.54. The topological polar surface area (TPSA) is 24.5 Å². The number of hydrogen-bond acceptors (Lipinski definition) is 3. The third kappa shape index (κ3) is 4.27. The van der Waals surface area contributed by atoms with Crippen LogP contribution >= 0.6 is 0 Å². The van der Waals surface area contributed by atoms with E-state index in [1.54, 1.807) is 7.11 Å². The fourth-order valence-electron chi connectivity index (χ4n) is 2.56. The van der Waals surface area contributed by atoms with E-state index in [0.29, 0.717) is 6.04 Å². The standard InChI is InChI=1S/C17H26N2O/c1-14(2)8-11-19-12-9-15(10-13-19)18-16-6-4-5-7-17(16)20-3/h4-8,15,18H,9-13H2,1-3H3. The van der Waals surface area contributed by atoms with Crippen LogP contribution in [-0.4, -0.2) is 37.7 Å². The highest BCUT2D eigenvalue weighted by Crippen LogP contribution is 2.26. The van der Waals surface area contributed by atoms with Crippen LogP contribution in [0, 0.1) is 0 Å². The molecule has 0 spiro atoms. The normalized spacial score (nSPS) is 16.8. The molecule has 1 aliphatic rings. The van der Waals surface area contributed by atoms with Gasteiger partial charge in [0, 0.05) is 25.7 Å². The number of para-hydroxylation sites is 2. The molecule has 1 aromatic rings. The van der Waals surface area contributed by atoms with Gasteiger partial charge in [0.1, 0.15) is 5.75 Å². The summed E-state index contributed by atoms with van der Waals surface area (Å²) in [7, 11) is 1.72. The number of anilines is 1. The Balaban J connectivity index is 1.84. The Morgan fingerprint density at radius 1 is 1.30 bits per heavy atom. The van der Waals surface area contributed by atoms with Crippen molar-refractivity contribution in [2.75, 3.05) is 32.1 Å². The van der Waals surface area contributed by atoms with Crippen LogP contribution in [0.3, 0.4) is 0 Å². The lowest BCUT2D eigenvalue weighted by molar-refractivity contribution is 0.239. The van der Waals surface area contributed by atoms with E-state index in [1.165, 1.54) is 18.4 Å². The van der Waals surface area contributed by atoms with Crippen molar-refractivity contribution < 1.29 is 4.74 Å². The third-order valence-electron chi connectivity index (χ3n) is 3.81. The molecular weight excluding hydrogens is 248 g/mol. The van der Waals surface area contributed by atoms with E-state index in [-0.39, 0.29) is 0 Å². The Hall–Kier alpha value is -1.48. The maximum absolute atomic E-state index is 5.39. The number of hydrogen-bond donors (Lipinski definition) is 1. The van der Waals surface area contributed by atoms with Crippen LogP contribution < -0.4 is 10.1 Å². The van der Waals surface area contributed by atoms with Crippen LogP contribution in [0.25, 0.3) is 0 Å². The number of allylic oxidation sites excluding steroid dienone is 1. The summed E-state index contributed by atoms with van der Waals surface area (Å²) in [4.78, 5) is 2.52. The quantitative estimate of drug-likeness (QED) is 0.831. The van der Waals surface area contributed by atoms with Crippen molar-refractivity contribution in [3.8, 4) is 5.75 Å². The smallest absolute Gasteiger partial charge is 0.141 e. The molecule has 2 rings (SSSR count). The molecule has 0 bridgehead atoms. The van der Waals surface area contributed by atoms with Crippen molar-refractivity contribution in [2.45, 2.75) is 32.7 Å². The SMILES string of the molecule is COc1ccccc1NC1CCN(CC=C(C)C)CC1. The molecule has 110 valence electrons. The van der Waals surface area contributed by atoms with Crippen LogP contribution in [0.1, 0.15) is 26.7 Å². The predicted molar refractivity (Wildman–Crippen MR) is 85.5 cm³/mol. The summed E-state index contributed by atoms with van der Waals surface area (Å²) < 4.78 is 5.39. The fraction of sp³-hybridized carbons (Fsp3) is 0.529. The lowest BCUT2D eigenvalue weighted by atomic mass is 10.0. The zero-order chi connectivity index (χ0) is 14.4. The van der Waals surface area contributed by atoms with Gasteiger partial charge in [-0.3, -0.25) is 4.90 Å². The highest BCUT2D eigenvalue weighted by atomic mass is 16.5. The molecular formula is C17H26N2O. The zero-order valence-electron chi connectivity index (χ0n) is 12.9. The van der Waals surface area contributed by atoms with Crippen molar-refractivity contribution in [1.29, 1.82) is 0 Å². The molecule has 0 atom stereocenters. The maximum atomic E-state index is 5.39. The van der Waals surface area contributed by atoms with Gasteiger partial charge in [-0.15, -0.1) is 0 Å². The molecule has 20 heavy (non-hydrogen) atoms. The molecule has 1 aromatic carbocycles. The molecule has 1 fully saturated rings. The molecule has 1 N–H and O–H groups in total. The molecule has 1 saturated heterocycles. The van der Waals surface area contributed by atoms with Crippen LogP contribution in [0.15, 0.2) is 35.9 Å². The number of rotatable bonds is 5. The summed E-state index contributed by atoms with van der Waals surface area (Å²) in [5.74, 6) is 0.930. The van der Waals surface area contributed by atoms with E-state index < -0.39 is 0 Å². The van der Waals surface area contributed by atoms with Crippen molar-refractivity contribution in [2.24, 2.45) is 0 Å². The van der Waals surface area contributed by atoms with Gasteiger partial charge >= 0.3 is 0 Å². The zero-order valence-corrected chi connectivity index (χ0v) is 12.9. The average molecular weight is 274 g/mol. The molecule has 1 aliphatic heterocycles. The van der Waals surface area contributed by atoms with E-state index in [1.807, 2.05) is 12.1 Å². The van der Waals surface area contributed by atoms with E-state index >= 15 is 0 Å². The minimum absolute atomic E-state index is 0.550. The summed E-state index contributed by atoms with van der Waals surface area (Å²) in [6, 6.07) is 8.70. The summed E-state index contributed by atoms with van der Waals surface area (Å²) in [5.41, 5.74) is 2.51. The molecule has 0 aromatic heterocycles. The minimum atomic E-state index is 0.550. The largest absolute Gasteiger partial charge is 0.495 e. The Morgan fingerprint density at radius 3 is 2.65 bits per heavy atom. The lowest BCUT2D eigenvalue weighted by Gasteiger charge is -2.32. The minimum Gasteiger partial charge on any atom is -0.495 e. The summed E-state index contributed by atoms with van der Waals surface area (Å²) >= 11 is 0. The Bertz CT molecular complexity index is 444. The second kappa shape index (κ2) is 7.34. The van der Waals surface area contributed by atoms with E-state index in [4.69, 9.17) is 4.74 Å². The molecule has 0 radical (unpaired) electrons. The van der Waals surface area contributed by atoms with Crippen molar-refractivity contribution in [3.05, 3.63) is 35.9 Å². The first-order valence-electron chi connectivity index (χ1n) is 7.44. The highest BCUT2D eigenvalue weighted by molar-refractivity contribution is 5.56. The van der Waals surface area contributed by atoms with Gasteiger partial charge in [0.15, 0.2) is 0 Å². The first kappa shape index (κ1) is 14.9. The van der Waals surface area contributed by atoms with E-state index in [9.17, 15) is 0 Å². The van der Waals surface area contributed by atoms with Gasteiger partial charge in [0.05, 0.1) is 12.8 Å². The number of piperidine rings is 1. The summed E-state index contributed by atoms with van der Waals surface area (Å²) in [6.07, 6.45) is 4.69. The fourth-order valence-corrected chi connectivity index (χ4v) is 2.56. The summed E-state index contributed by atoms with van der Waals surface area (Å²) in [5, 5.41) is 3.62. The summed E-state index contributed by atoms with van der Waals surface area (Å²) in [6.45, 7) is 7.74. The van der Waals surface area contributed by atoms with Gasteiger partial charge in [-0.1, -0.05) is 23.8 Å². The number of ether oxygens (including phenoxy) is 1. The number of methoxy groups -OCH3 is 1. The first-order chi connectivity index (χ1) is 9.69. The molecule has 3 heteroatoms. The second-order valence-electron chi connectivity index (χ2n) is 5.70. The highest BCUT2D eigenvalue weighted by Gasteiger charge is 2.19. The van der Waals surface area contributed by atoms with Gasteiger partial charge < -0.3 is 10.1 Å². The number of benzene rings is 1. The molecule has 0 saturated carbocycles. The van der Waals surface area contributed by atoms with E-state index in [0.717, 1.165) is 31.1 Å². The van der Waals surface area contributed by atoms with Crippen LogP contribution in [-0.2, 0) is 0 Å². The molecule has 1 heterocycles. The van der Waals surface area contributed by atoms with Gasteiger partial charge in [0.25, 0.3) is 0 Å². The Morgan fingerprint density at radius 2 is 2.00 bits per heavy atom. The number of nitrogens with one attached hydrogen (secondary N) is 1. The molecule has 0 unspecified atom stereocenters. The van der Waals surface area contributed by atoms with Gasteiger partial charge in [0.2, 0.25) is 0 Å². The molecule has 3 nitrogen and oxygen atoms in total. The number of likely N-dealkylation sites (tertiary alicyclic amines) is 1. The van der Waals surface area contributed by atoms with Crippen LogP contribution in [0.5, 0.6) is 5.75 Å². The Kier molecular flexibility index (Phi) is 5.48. The van der Waals surface area contributed by atoms with Crippen LogP contribution in [0.4, 0.5) is 5.69 Å². The Labute approximate surface area is 122 Å². The van der Waals surface area contributed by atoms with Crippen molar-refractivity contribution in [1.82, 2.24) is 4.90 Å². The van der Waals surface area contributed by atoms with Crippen molar-refractivity contribution in [3.63, 3.8) is 0 Å². The monoisotopic (exact) mass is 274 g/mol. The van der Waals surface area contributed by atoms with Crippen LogP contribution in [0.2, 0.25) is 0 Å². The molecule has 0 aliphatic carbocycles. The maximum Gasteiger partial charge on any atom is 0.141 e. The number of nitrogens with zero attached hydrogens (tertiary/aromatic N) is 1. The van der Waals surface area contributed by atoms with E-state index in [2.05, 4.69) is 42.3 Å².